The van der Waals surface area contributed by atoms with Crippen molar-refractivity contribution in [2.24, 2.45) is 0 Å². The molecule has 4 rings (SSSR count). The lowest BCUT2D eigenvalue weighted by Gasteiger charge is -2.34. The van der Waals surface area contributed by atoms with E-state index in [4.69, 9.17) is 9.47 Å². The molecule has 0 aliphatic rings. The lowest BCUT2D eigenvalue weighted by molar-refractivity contribution is -0.140. The van der Waals surface area contributed by atoms with Gasteiger partial charge in [-0.15, -0.1) is 0 Å². The fourth-order valence-corrected chi connectivity index (χ4v) is 6.63. The molecule has 0 fully saturated rings. The Hall–Kier alpha value is -4.83. The summed E-state index contributed by atoms with van der Waals surface area (Å²) in [6.45, 7) is 5.60. The van der Waals surface area contributed by atoms with E-state index in [0.29, 0.717) is 18.0 Å². The van der Waals surface area contributed by atoms with Crippen molar-refractivity contribution in [2.75, 3.05) is 31.6 Å². The predicted molar refractivity (Wildman–Crippen MR) is 180 cm³/mol. The number of aryl methyl sites for hydroxylation is 2. The van der Waals surface area contributed by atoms with Crippen molar-refractivity contribution in [1.82, 2.24) is 10.2 Å². The molecule has 4 aromatic rings. The summed E-state index contributed by atoms with van der Waals surface area (Å²) < 4.78 is 40.4. The van der Waals surface area contributed by atoms with Gasteiger partial charge in [0.25, 0.3) is 10.0 Å². The van der Waals surface area contributed by atoms with Crippen molar-refractivity contribution in [3.63, 3.8) is 0 Å². The minimum Gasteiger partial charge on any atom is -0.493 e. The number of nitrogens with zero attached hydrogens (tertiary/aromatic N) is 2. The zero-order valence-corrected chi connectivity index (χ0v) is 27.7. The summed E-state index contributed by atoms with van der Waals surface area (Å²) in [7, 11) is -1.41. The smallest absolute Gasteiger partial charge is 0.264 e. The molecule has 0 aliphatic carbocycles. The van der Waals surface area contributed by atoms with Crippen LogP contribution in [-0.2, 0) is 32.6 Å². The number of nitrogens with one attached hydrogen (secondary N) is 1. The molecule has 0 aromatic heterocycles. The van der Waals surface area contributed by atoms with E-state index >= 15 is 0 Å². The molecule has 10 heteroatoms. The molecule has 0 saturated carbocycles. The van der Waals surface area contributed by atoms with Crippen molar-refractivity contribution >= 4 is 27.5 Å². The zero-order valence-electron chi connectivity index (χ0n) is 26.9. The summed E-state index contributed by atoms with van der Waals surface area (Å²) in [5.41, 5.74) is 3.93. The summed E-state index contributed by atoms with van der Waals surface area (Å²) >= 11 is 0. The average molecular weight is 644 g/mol. The van der Waals surface area contributed by atoms with E-state index in [1.54, 1.807) is 24.3 Å². The van der Waals surface area contributed by atoms with Gasteiger partial charge in [-0.25, -0.2) is 8.42 Å². The highest BCUT2D eigenvalue weighted by molar-refractivity contribution is 7.92. The number of methoxy groups -OCH3 is 2. The van der Waals surface area contributed by atoms with E-state index in [2.05, 4.69) is 5.32 Å². The molecule has 0 unspecified atom stereocenters. The van der Waals surface area contributed by atoms with Gasteiger partial charge in [0.2, 0.25) is 11.8 Å². The van der Waals surface area contributed by atoms with Crippen LogP contribution in [0.5, 0.6) is 11.5 Å². The van der Waals surface area contributed by atoms with Crippen molar-refractivity contribution in [1.29, 1.82) is 0 Å². The minimum atomic E-state index is -4.30. The van der Waals surface area contributed by atoms with Crippen LogP contribution in [0.3, 0.4) is 0 Å². The first-order chi connectivity index (χ1) is 22.1. The number of ether oxygens (including phenoxy) is 2. The normalized spacial score (nSPS) is 11.8. The van der Waals surface area contributed by atoms with E-state index < -0.39 is 28.5 Å². The highest BCUT2D eigenvalue weighted by Crippen LogP contribution is 2.32. The summed E-state index contributed by atoms with van der Waals surface area (Å²) in [5, 5.41) is 2.88. The van der Waals surface area contributed by atoms with Crippen molar-refractivity contribution in [3.05, 3.63) is 119 Å². The number of likely N-dealkylation sites (N-methyl/N-ethyl adjacent to an activating group) is 1. The van der Waals surface area contributed by atoms with E-state index in [0.717, 1.165) is 26.6 Å². The van der Waals surface area contributed by atoms with Gasteiger partial charge in [0, 0.05) is 25.6 Å². The standard InChI is InChI=1S/C36H41N3O6S/c1-6-37-36(41)32(22-28-12-8-7-9-13-28)38(24-29-14-10-11-27(3)21-29)35(40)25-39(30-17-15-26(2)16-18-30)46(42,43)31-19-20-33(44-4)34(23-31)45-5/h7-21,23,32H,6,22,24-25H2,1-5H3,(H,37,41)/t32-/m0/s1. The van der Waals surface area contributed by atoms with Gasteiger partial charge in [0.05, 0.1) is 24.8 Å². The Labute approximate surface area is 271 Å². The molecule has 0 bridgehead atoms. The quantitative estimate of drug-likeness (QED) is 0.200. The second-order valence-corrected chi connectivity index (χ2v) is 12.8. The van der Waals surface area contributed by atoms with Crippen LogP contribution >= 0.6 is 0 Å². The molecular weight excluding hydrogens is 602 g/mol. The maximum absolute atomic E-state index is 14.5. The molecular formula is C36H41N3O6S. The van der Waals surface area contributed by atoms with Crippen LogP contribution in [-0.4, -0.2) is 58.5 Å². The number of hydrogen-bond donors (Lipinski definition) is 1. The highest BCUT2D eigenvalue weighted by Gasteiger charge is 2.35. The molecule has 2 amide bonds. The molecule has 0 spiro atoms. The molecule has 242 valence electrons. The summed E-state index contributed by atoms with van der Waals surface area (Å²) in [6.07, 6.45) is 0.247. The van der Waals surface area contributed by atoms with Crippen LogP contribution < -0.4 is 19.1 Å². The zero-order chi connectivity index (χ0) is 33.3. The second-order valence-electron chi connectivity index (χ2n) is 11.0. The van der Waals surface area contributed by atoms with Gasteiger partial charge in [0.15, 0.2) is 11.5 Å². The molecule has 46 heavy (non-hydrogen) atoms. The van der Waals surface area contributed by atoms with Crippen LogP contribution in [0.1, 0.15) is 29.2 Å². The first-order valence-electron chi connectivity index (χ1n) is 15.1. The van der Waals surface area contributed by atoms with E-state index in [9.17, 15) is 18.0 Å². The van der Waals surface area contributed by atoms with Gasteiger partial charge in [-0.3, -0.25) is 13.9 Å². The molecule has 1 atom stereocenters. The molecule has 1 N–H and O–H groups in total. The Balaban J connectivity index is 1.82. The summed E-state index contributed by atoms with van der Waals surface area (Å²) in [5.74, 6) is -0.247. The first-order valence-corrected chi connectivity index (χ1v) is 16.5. The van der Waals surface area contributed by atoms with Gasteiger partial charge in [-0.05, 0) is 56.2 Å². The lowest BCUT2D eigenvalue weighted by atomic mass is 10.0. The van der Waals surface area contributed by atoms with Crippen molar-refractivity contribution in [3.8, 4) is 11.5 Å². The van der Waals surface area contributed by atoms with Crippen molar-refractivity contribution < 1.29 is 27.5 Å². The fourth-order valence-electron chi connectivity index (χ4n) is 5.20. The average Bonchev–Trinajstić information content (AvgIpc) is 3.05. The van der Waals surface area contributed by atoms with Gasteiger partial charge in [-0.2, -0.15) is 0 Å². The maximum Gasteiger partial charge on any atom is 0.264 e. The monoisotopic (exact) mass is 643 g/mol. The third kappa shape index (κ3) is 8.25. The number of carbonyl (C=O) groups is 2. The number of amides is 2. The Morgan fingerprint density at radius 1 is 0.783 bits per heavy atom. The van der Waals surface area contributed by atoms with Gasteiger partial charge >= 0.3 is 0 Å². The third-order valence-electron chi connectivity index (χ3n) is 7.60. The second kappa shape index (κ2) is 15.4. The van der Waals surface area contributed by atoms with E-state index in [1.807, 2.05) is 75.4 Å². The number of benzene rings is 4. The molecule has 0 aliphatic heterocycles. The number of anilines is 1. The number of hydrogen-bond acceptors (Lipinski definition) is 6. The van der Waals surface area contributed by atoms with Crippen LogP contribution in [0.25, 0.3) is 0 Å². The molecule has 0 saturated heterocycles. The van der Waals surface area contributed by atoms with E-state index in [-0.39, 0.29) is 29.5 Å². The van der Waals surface area contributed by atoms with Gasteiger partial charge < -0.3 is 19.7 Å². The van der Waals surface area contributed by atoms with E-state index in [1.165, 1.54) is 37.3 Å². The van der Waals surface area contributed by atoms with Crippen molar-refractivity contribution in [2.45, 2.75) is 44.7 Å². The topological polar surface area (TPSA) is 105 Å². The largest absolute Gasteiger partial charge is 0.493 e. The Morgan fingerprint density at radius 3 is 2.09 bits per heavy atom. The SMILES string of the molecule is CCNC(=O)[C@H](Cc1ccccc1)N(Cc1cccc(C)c1)C(=O)CN(c1ccc(C)cc1)S(=O)(=O)c1ccc(OC)c(OC)c1. The molecule has 4 aromatic carbocycles. The Bertz CT molecular complexity index is 1740. The number of sulfonamides is 1. The number of rotatable bonds is 14. The summed E-state index contributed by atoms with van der Waals surface area (Å²) in [6, 6.07) is 27.4. The van der Waals surface area contributed by atoms with Crippen LogP contribution in [0, 0.1) is 13.8 Å². The maximum atomic E-state index is 14.5. The summed E-state index contributed by atoms with van der Waals surface area (Å²) in [4.78, 5) is 29.6. The minimum absolute atomic E-state index is 0.0756. The molecule has 9 nitrogen and oxygen atoms in total. The highest BCUT2D eigenvalue weighted by atomic mass is 32.2. The molecule has 0 heterocycles. The van der Waals surface area contributed by atoms with Gasteiger partial charge in [-0.1, -0.05) is 77.9 Å². The molecule has 0 radical (unpaired) electrons. The first kappa shape index (κ1) is 34.1. The Kier molecular flexibility index (Phi) is 11.4. The fraction of sp³-hybridized carbons (Fsp3) is 0.278. The van der Waals surface area contributed by atoms with Crippen LogP contribution in [0.2, 0.25) is 0 Å². The number of carbonyl (C=O) groups excluding carboxylic acids is 2. The third-order valence-corrected chi connectivity index (χ3v) is 9.37. The van der Waals surface area contributed by atoms with Crippen LogP contribution in [0.4, 0.5) is 5.69 Å². The van der Waals surface area contributed by atoms with Gasteiger partial charge in [0.1, 0.15) is 12.6 Å². The Morgan fingerprint density at radius 2 is 1.46 bits per heavy atom. The predicted octanol–water partition coefficient (Wildman–Crippen LogP) is 5.29. The lowest BCUT2D eigenvalue weighted by Crippen LogP contribution is -2.53. The van der Waals surface area contributed by atoms with Crippen LogP contribution in [0.15, 0.2) is 102 Å².